The van der Waals surface area contributed by atoms with E-state index in [1.165, 1.54) is 0 Å². The van der Waals surface area contributed by atoms with Crippen molar-refractivity contribution in [1.82, 2.24) is 15.3 Å². The van der Waals surface area contributed by atoms with Crippen molar-refractivity contribution in [3.05, 3.63) is 11.8 Å². The second-order valence-electron chi connectivity index (χ2n) is 13.7. The Hall–Kier alpha value is -1.26. The van der Waals surface area contributed by atoms with Crippen molar-refractivity contribution >= 4 is 8.32 Å². The van der Waals surface area contributed by atoms with E-state index in [0.717, 1.165) is 5.56 Å². The molecule has 9 heteroatoms. The van der Waals surface area contributed by atoms with Crippen molar-refractivity contribution < 1.29 is 23.4 Å². The molecule has 0 aliphatic carbocycles. The largest absolute Gasteiger partial charge is 0.472 e. The van der Waals surface area contributed by atoms with Gasteiger partial charge >= 0.3 is 6.01 Å². The lowest BCUT2D eigenvalue weighted by molar-refractivity contribution is -0.157. The highest BCUT2D eigenvalue weighted by atomic mass is 28.4. The molecule has 1 aromatic heterocycles. The first kappa shape index (κ1) is 28.3. The molecule has 4 atom stereocenters. The third-order valence-corrected chi connectivity index (χ3v) is 11.1. The second kappa shape index (κ2) is 9.24. The van der Waals surface area contributed by atoms with Crippen molar-refractivity contribution in [3.8, 4) is 11.9 Å². The molecule has 3 heterocycles. The Morgan fingerprint density at radius 1 is 0.943 bits per heavy atom. The van der Waals surface area contributed by atoms with Crippen LogP contribution in [0, 0.1) is 0 Å². The second-order valence-corrected chi connectivity index (χ2v) is 18.5. The minimum atomic E-state index is -1.93. The highest BCUT2D eigenvalue weighted by Crippen LogP contribution is 2.45. The lowest BCUT2D eigenvalue weighted by Crippen LogP contribution is -2.47. The van der Waals surface area contributed by atoms with Gasteiger partial charge in [-0.3, -0.25) is 0 Å². The average Bonchev–Trinajstić information content (AvgIpc) is 3.10. The van der Waals surface area contributed by atoms with Gasteiger partial charge in [0.25, 0.3) is 0 Å². The maximum Gasteiger partial charge on any atom is 0.320 e. The highest BCUT2D eigenvalue weighted by Gasteiger charge is 2.55. The van der Waals surface area contributed by atoms with Gasteiger partial charge in [0.05, 0.1) is 24.3 Å². The molecule has 2 saturated heterocycles. The maximum atomic E-state index is 6.58. The van der Waals surface area contributed by atoms with Gasteiger partial charge in [0.15, 0.2) is 14.1 Å². The van der Waals surface area contributed by atoms with Crippen molar-refractivity contribution in [3.63, 3.8) is 0 Å². The molecule has 2 fully saturated rings. The fraction of sp³-hybridized carbons (Fsp3) is 0.846. The summed E-state index contributed by atoms with van der Waals surface area (Å²) in [5.74, 6) is -0.200. The number of nitrogens with one attached hydrogen (secondary N) is 1. The fourth-order valence-corrected chi connectivity index (χ4v) is 5.03. The number of hydrogen-bond acceptors (Lipinski definition) is 8. The Morgan fingerprint density at radius 2 is 1.51 bits per heavy atom. The number of hydrogen-bond donors (Lipinski definition) is 1. The Kier molecular flexibility index (Phi) is 7.47. The SMILES string of the molecule is CC(C)(C)Oc1ncc([C@H]2N[C@@H](CO[Si](C)(C)C(C)(C)C)[C@H]3OC(C)(C)O[C@H]32)c(OC(C)(C)C)n1. The standard InChI is InChI=1S/C26H47N3O5Si/c1-23(2,3)33-21-16(14-27-22(29-21)34-24(4,5)6)18-20-19(31-26(10,11)32-20)17(28-18)15-30-35(12,13)25(7,8)9/h14,17-20,28H,15H2,1-13H3/t17-,18+,19+,20-/m0/s1. The van der Waals surface area contributed by atoms with E-state index in [-0.39, 0.29) is 35.3 Å². The van der Waals surface area contributed by atoms with Gasteiger partial charge in [-0.25, -0.2) is 4.98 Å². The molecule has 1 N–H and O–H groups in total. The van der Waals surface area contributed by atoms with Gasteiger partial charge < -0.3 is 28.7 Å². The molecule has 2 aliphatic rings. The number of aromatic nitrogens is 2. The zero-order valence-corrected chi connectivity index (χ0v) is 25.0. The summed E-state index contributed by atoms with van der Waals surface area (Å²) in [5.41, 5.74) is -0.0418. The first-order chi connectivity index (χ1) is 15.7. The lowest BCUT2D eigenvalue weighted by Gasteiger charge is -2.37. The number of fused-ring (bicyclic) bond motifs is 1. The Bertz CT molecular complexity index is 902. The Labute approximate surface area is 213 Å². The van der Waals surface area contributed by atoms with Crippen LogP contribution in [0.1, 0.15) is 87.8 Å². The van der Waals surface area contributed by atoms with Gasteiger partial charge in [0.2, 0.25) is 5.88 Å². The monoisotopic (exact) mass is 509 g/mol. The third-order valence-electron chi connectivity index (χ3n) is 6.61. The van der Waals surface area contributed by atoms with Gasteiger partial charge in [-0.15, -0.1) is 0 Å². The smallest absolute Gasteiger partial charge is 0.320 e. The first-order valence-electron chi connectivity index (χ1n) is 12.7. The Balaban J connectivity index is 1.93. The van der Waals surface area contributed by atoms with Crippen LogP contribution in [0.4, 0.5) is 0 Å². The summed E-state index contributed by atoms with van der Waals surface area (Å²) in [7, 11) is -1.93. The van der Waals surface area contributed by atoms with Crippen molar-refractivity contribution in [2.75, 3.05) is 6.61 Å². The van der Waals surface area contributed by atoms with Crippen LogP contribution in [0.3, 0.4) is 0 Å². The van der Waals surface area contributed by atoms with E-state index in [1.54, 1.807) is 6.20 Å². The first-order valence-corrected chi connectivity index (χ1v) is 15.6. The number of nitrogens with zero attached hydrogens (tertiary/aromatic N) is 2. The van der Waals surface area contributed by atoms with E-state index >= 15 is 0 Å². The lowest BCUT2D eigenvalue weighted by atomic mass is 10.0. The van der Waals surface area contributed by atoms with E-state index in [0.29, 0.717) is 12.5 Å². The fourth-order valence-electron chi connectivity index (χ4n) is 4.00. The molecular weight excluding hydrogens is 462 g/mol. The van der Waals surface area contributed by atoms with Crippen LogP contribution in [0.2, 0.25) is 18.1 Å². The van der Waals surface area contributed by atoms with Gasteiger partial charge in [-0.1, -0.05) is 20.8 Å². The minimum Gasteiger partial charge on any atom is -0.472 e. The predicted molar refractivity (Wildman–Crippen MR) is 139 cm³/mol. The van der Waals surface area contributed by atoms with Crippen LogP contribution < -0.4 is 14.8 Å². The molecule has 0 spiro atoms. The molecule has 35 heavy (non-hydrogen) atoms. The molecule has 3 rings (SSSR count). The summed E-state index contributed by atoms with van der Waals surface area (Å²) in [4.78, 5) is 9.18. The normalized spacial score (nSPS) is 27.1. The van der Waals surface area contributed by atoms with Crippen molar-refractivity contribution in [1.29, 1.82) is 0 Å². The van der Waals surface area contributed by atoms with Crippen LogP contribution in [0.15, 0.2) is 6.20 Å². The summed E-state index contributed by atoms with van der Waals surface area (Å²) in [6.07, 6.45) is 1.40. The summed E-state index contributed by atoms with van der Waals surface area (Å²) < 4.78 is 31.6. The zero-order valence-electron chi connectivity index (χ0n) is 24.0. The predicted octanol–water partition coefficient (Wildman–Crippen LogP) is 5.39. The van der Waals surface area contributed by atoms with Crippen LogP contribution in [0.5, 0.6) is 11.9 Å². The third kappa shape index (κ3) is 6.94. The molecule has 1 aromatic rings. The summed E-state index contributed by atoms with van der Waals surface area (Å²) in [6, 6.07) is 0.0430. The molecule has 0 amide bonds. The quantitative estimate of drug-likeness (QED) is 0.511. The topological polar surface area (TPSA) is 84.0 Å². The van der Waals surface area contributed by atoms with Crippen LogP contribution in [-0.4, -0.2) is 60.1 Å². The van der Waals surface area contributed by atoms with E-state index in [9.17, 15) is 0 Å². The van der Waals surface area contributed by atoms with Gasteiger partial charge in [-0.2, -0.15) is 4.98 Å². The maximum absolute atomic E-state index is 6.58. The molecule has 0 unspecified atom stereocenters. The molecule has 2 aliphatic heterocycles. The van der Waals surface area contributed by atoms with E-state index < -0.39 is 25.3 Å². The average molecular weight is 510 g/mol. The number of rotatable bonds is 6. The number of ether oxygens (including phenoxy) is 4. The van der Waals surface area contributed by atoms with E-state index in [4.69, 9.17) is 23.4 Å². The summed E-state index contributed by atoms with van der Waals surface area (Å²) in [6.45, 7) is 27.7. The van der Waals surface area contributed by atoms with Crippen LogP contribution in [0.25, 0.3) is 0 Å². The van der Waals surface area contributed by atoms with Crippen molar-refractivity contribution in [2.45, 2.75) is 136 Å². The molecule has 0 aromatic carbocycles. The van der Waals surface area contributed by atoms with E-state index in [1.807, 2.05) is 55.4 Å². The van der Waals surface area contributed by atoms with Crippen LogP contribution >= 0.6 is 0 Å². The Morgan fingerprint density at radius 3 is 2.06 bits per heavy atom. The van der Waals surface area contributed by atoms with Gasteiger partial charge in [-0.05, 0) is 73.5 Å². The molecule has 200 valence electrons. The summed E-state index contributed by atoms with van der Waals surface area (Å²) >= 11 is 0. The zero-order chi connectivity index (χ0) is 26.6. The van der Waals surface area contributed by atoms with Gasteiger partial charge in [0.1, 0.15) is 23.4 Å². The molecule has 0 bridgehead atoms. The molecular formula is C26H47N3O5Si. The summed E-state index contributed by atoms with van der Waals surface area (Å²) in [5, 5.41) is 3.84. The van der Waals surface area contributed by atoms with E-state index in [2.05, 4.69) is 49.1 Å². The van der Waals surface area contributed by atoms with Gasteiger partial charge in [0, 0.05) is 6.20 Å². The van der Waals surface area contributed by atoms with Crippen molar-refractivity contribution in [2.24, 2.45) is 0 Å². The minimum absolute atomic E-state index is 0.0334. The van der Waals surface area contributed by atoms with Crippen LogP contribution in [-0.2, 0) is 13.9 Å². The molecule has 8 nitrogen and oxygen atoms in total. The molecule has 0 saturated carbocycles. The molecule has 0 radical (unpaired) electrons. The highest BCUT2D eigenvalue weighted by molar-refractivity contribution is 6.74.